The van der Waals surface area contributed by atoms with Crippen molar-refractivity contribution in [1.29, 1.82) is 0 Å². The minimum atomic E-state index is -0.292. The number of carbonyl (C=O) groups is 1. The molecule has 1 aliphatic heterocycles. The average Bonchev–Trinajstić information content (AvgIpc) is 3.99. The van der Waals surface area contributed by atoms with Crippen LogP contribution in [0, 0.1) is 0 Å². The van der Waals surface area contributed by atoms with E-state index in [1.807, 2.05) is 115 Å². The summed E-state index contributed by atoms with van der Waals surface area (Å²) >= 11 is 0. The molecule has 4 aromatic heterocycles. The lowest BCUT2D eigenvalue weighted by atomic mass is 9.99. The molecule has 5 heterocycles. The number of H-pyrrole nitrogens is 3. The van der Waals surface area contributed by atoms with Crippen LogP contribution in [0.4, 0.5) is 5.69 Å². The largest absolute Gasteiger partial charge is 0.505 e. The van der Waals surface area contributed by atoms with Gasteiger partial charge in [0.15, 0.2) is 5.75 Å². The Labute approximate surface area is 294 Å². The summed E-state index contributed by atoms with van der Waals surface area (Å²) in [5.41, 5.74) is 12.8. The second kappa shape index (κ2) is 12.2. The van der Waals surface area contributed by atoms with Crippen LogP contribution in [0.2, 0.25) is 0 Å². The third-order valence-electron chi connectivity index (χ3n) is 9.73. The molecule has 0 saturated carbocycles. The van der Waals surface area contributed by atoms with Crippen molar-refractivity contribution in [1.82, 2.24) is 15.0 Å². The molecule has 1 aliphatic rings. The van der Waals surface area contributed by atoms with E-state index < -0.39 is 0 Å². The van der Waals surface area contributed by atoms with Crippen molar-refractivity contribution in [2.75, 3.05) is 11.9 Å². The van der Waals surface area contributed by atoms with E-state index in [4.69, 9.17) is 0 Å². The molecule has 0 saturated heterocycles. The highest BCUT2D eigenvalue weighted by Crippen LogP contribution is 2.48. The topological polar surface area (TPSA) is 87.9 Å². The van der Waals surface area contributed by atoms with Gasteiger partial charge in [-0.15, -0.1) is 0 Å². The first kappa shape index (κ1) is 30.2. The second-order valence-corrected chi connectivity index (χ2v) is 12.8. The average molecular weight is 662 g/mol. The number of aromatic hydroxyl groups is 1. The van der Waals surface area contributed by atoms with Crippen LogP contribution < -0.4 is 4.90 Å². The normalized spacial score (nSPS) is 12.1. The summed E-state index contributed by atoms with van der Waals surface area (Å²) in [6.45, 7) is 0. The number of anilines is 1. The van der Waals surface area contributed by atoms with Gasteiger partial charge < -0.3 is 25.0 Å². The first-order valence-electron chi connectivity index (χ1n) is 16.9. The number of nitrogens with one attached hydrogen (secondary N) is 3. The first-order valence-corrected chi connectivity index (χ1v) is 16.9. The molecule has 0 atom stereocenters. The highest BCUT2D eigenvalue weighted by Gasteiger charge is 2.34. The summed E-state index contributed by atoms with van der Waals surface area (Å²) in [6, 6.07) is 52.7. The SMILES string of the molecule is CN1C(=O)c2c(O)c1c(-c1ccccc1)c1ccc([nH]1)[c+](-c1ccccc1)c1ccc([nH]1)c(-c1ccccc1)c1ccc([nH]1)c2-c1ccccc1. The Bertz CT molecular complexity index is 2720. The maximum Gasteiger partial charge on any atom is 0.262 e. The van der Waals surface area contributed by atoms with Gasteiger partial charge in [0.1, 0.15) is 16.6 Å². The van der Waals surface area contributed by atoms with Crippen molar-refractivity contribution in [3.05, 3.63) is 163 Å². The highest BCUT2D eigenvalue weighted by molar-refractivity contribution is 6.22. The van der Waals surface area contributed by atoms with E-state index in [-0.39, 0.29) is 17.2 Å². The molecule has 0 aliphatic carbocycles. The maximum atomic E-state index is 14.5. The molecule has 0 fully saturated rings. The first-order chi connectivity index (χ1) is 25.1. The van der Waals surface area contributed by atoms with Gasteiger partial charge in [-0.2, -0.15) is 0 Å². The van der Waals surface area contributed by atoms with E-state index in [2.05, 4.69) is 57.4 Å². The molecule has 51 heavy (non-hydrogen) atoms. The van der Waals surface area contributed by atoms with Crippen LogP contribution in [0.1, 0.15) is 10.4 Å². The highest BCUT2D eigenvalue weighted by atomic mass is 16.3. The van der Waals surface area contributed by atoms with E-state index >= 15 is 0 Å². The van der Waals surface area contributed by atoms with Gasteiger partial charge in [0.05, 0.1) is 27.8 Å². The van der Waals surface area contributed by atoms with Crippen LogP contribution in [0.15, 0.2) is 158 Å². The van der Waals surface area contributed by atoms with Gasteiger partial charge in [0, 0.05) is 59.0 Å². The molecule has 244 valence electrons. The number of hydrogen-bond acceptors (Lipinski definition) is 2. The Morgan fingerprint density at radius 2 is 0.882 bits per heavy atom. The third-order valence-corrected chi connectivity index (χ3v) is 9.73. The van der Waals surface area contributed by atoms with Crippen LogP contribution in [-0.2, 0) is 0 Å². The Morgan fingerprint density at radius 1 is 0.471 bits per heavy atom. The predicted molar refractivity (Wildman–Crippen MR) is 209 cm³/mol. The van der Waals surface area contributed by atoms with E-state index in [9.17, 15) is 9.90 Å². The van der Waals surface area contributed by atoms with Crippen LogP contribution in [0.5, 0.6) is 5.75 Å². The summed E-state index contributed by atoms with van der Waals surface area (Å²) in [5, 5.41) is 12.4. The number of nitrogens with zero attached hydrogens (tertiary/aromatic N) is 1. The van der Waals surface area contributed by atoms with Crippen molar-refractivity contribution in [3.63, 3.8) is 0 Å². The lowest BCUT2D eigenvalue weighted by molar-refractivity contribution is 0.0998. The quantitative estimate of drug-likeness (QED) is 0.141. The molecular weight excluding hydrogens is 629 g/mol. The summed E-state index contributed by atoms with van der Waals surface area (Å²) in [6.07, 6.45) is 0. The number of hydrogen-bond donors (Lipinski definition) is 4. The summed E-state index contributed by atoms with van der Waals surface area (Å²) < 4.78 is 0. The standard InChI is InChI=1S/C45H32N4O2/c1-49-43-41(31-20-12-5-13-21-31)37-27-25-35(48-37)39(29-16-8-3-9-17-29)33-23-22-32(46-33)38(28-14-6-2-7-15-28)34-24-26-36(47-34)40(30-18-10-4-11-19-30)42(44(43)50)45(49)51/h2-27,46-47H,1H3,(H-,48,50,51)/p+1. The third kappa shape index (κ3) is 5.04. The molecule has 1 amide bonds. The van der Waals surface area contributed by atoms with Crippen LogP contribution in [-0.4, -0.2) is 33.0 Å². The zero-order valence-electron chi connectivity index (χ0n) is 27.8. The molecule has 6 nitrogen and oxygen atoms in total. The number of carbonyl (C=O) groups excluding carboxylic acids is 1. The number of aromatic amines is 3. The van der Waals surface area contributed by atoms with Gasteiger partial charge in [-0.25, -0.2) is 0 Å². The maximum absolute atomic E-state index is 14.5. The summed E-state index contributed by atoms with van der Waals surface area (Å²) in [5.74, 6) is -0.370. The number of amides is 1. The molecule has 6 heteroatoms. The van der Waals surface area contributed by atoms with Crippen molar-refractivity contribution in [3.8, 4) is 50.3 Å². The van der Waals surface area contributed by atoms with E-state index in [0.717, 1.165) is 66.5 Å². The Morgan fingerprint density at radius 3 is 1.43 bits per heavy atom. The molecule has 0 unspecified atom stereocenters. The van der Waals surface area contributed by atoms with E-state index in [0.29, 0.717) is 16.8 Å². The van der Waals surface area contributed by atoms with Crippen molar-refractivity contribution in [2.24, 2.45) is 0 Å². The Kier molecular flexibility index (Phi) is 7.21. The number of aromatic nitrogens is 3. The van der Waals surface area contributed by atoms with Crippen LogP contribution in [0.25, 0.3) is 77.6 Å². The minimum Gasteiger partial charge on any atom is -0.505 e. The smallest absolute Gasteiger partial charge is 0.262 e. The van der Waals surface area contributed by atoms with Crippen LogP contribution in [0.3, 0.4) is 0 Å². The molecule has 0 radical (unpaired) electrons. The van der Waals surface area contributed by atoms with Gasteiger partial charge in [-0.1, -0.05) is 91.0 Å². The molecule has 4 N–H and O–H groups in total. The number of fused-ring (bicyclic) bond motifs is 8. The lowest BCUT2D eigenvalue weighted by Crippen LogP contribution is -2.22. The predicted octanol–water partition coefficient (Wildman–Crippen LogP) is 11.1. The van der Waals surface area contributed by atoms with Crippen molar-refractivity contribution in [2.45, 2.75) is 0 Å². The molecule has 4 aromatic carbocycles. The van der Waals surface area contributed by atoms with Gasteiger partial charge in [0.2, 0.25) is 0 Å². The zero-order valence-corrected chi connectivity index (χ0v) is 27.8. The molecule has 9 rings (SSSR count). The van der Waals surface area contributed by atoms with E-state index in [1.54, 1.807) is 11.9 Å². The minimum absolute atomic E-state index is 0.0775. The monoisotopic (exact) mass is 661 g/mol. The Balaban J connectivity index is 1.54. The molecule has 0 spiro atoms. The van der Waals surface area contributed by atoms with Gasteiger partial charge in [-0.3, -0.25) is 4.79 Å². The molecule has 8 bridgehead atoms. The summed E-state index contributed by atoms with van der Waals surface area (Å²) in [4.78, 5) is 27.2. The summed E-state index contributed by atoms with van der Waals surface area (Å²) in [7, 11) is 1.73. The lowest BCUT2D eigenvalue weighted by Gasteiger charge is -2.14. The zero-order chi connectivity index (χ0) is 34.5. The molecule has 8 aromatic rings. The fraction of sp³-hybridized carbons (Fsp3) is 0.0222. The fourth-order valence-corrected chi connectivity index (χ4v) is 7.41. The number of benzene rings is 4. The molecular formula is C45H33N4O2+. The van der Waals surface area contributed by atoms with E-state index in [1.165, 1.54) is 0 Å². The van der Waals surface area contributed by atoms with Crippen molar-refractivity contribution < 1.29 is 9.90 Å². The number of rotatable bonds is 4. The van der Waals surface area contributed by atoms with Gasteiger partial charge in [0.25, 0.3) is 5.91 Å². The fourth-order valence-electron chi connectivity index (χ4n) is 7.41. The second-order valence-electron chi connectivity index (χ2n) is 12.8. The van der Waals surface area contributed by atoms with Crippen molar-refractivity contribution >= 4 is 44.7 Å². The van der Waals surface area contributed by atoms with Gasteiger partial charge in [-0.05, 0) is 59.2 Å². The van der Waals surface area contributed by atoms with Gasteiger partial charge >= 0.3 is 0 Å². The Hall–Kier alpha value is -6.92. The van der Waals surface area contributed by atoms with Crippen LogP contribution >= 0.6 is 0 Å².